The second kappa shape index (κ2) is 6.54. The molecule has 0 spiro atoms. The molecule has 2 aromatic heterocycles. The molecule has 0 atom stereocenters. The first kappa shape index (κ1) is 18.6. The van der Waals surface area contributed by atoms with E-state index in [2.05, 4.69) is 24.3 Å². The molecule has 0 aliphatic heterocycles. The third-order valence-corrected chi connectivity index (χ3v) is 4.98. The number of amides is 1. The van der Waals surface area contributed by atoms with Gasteiger partial charge in [-0.15, -0.1) is 0 Å². The van der Waals surface area contributed by atoms with Crippen molar-refractivity contribution in [3.8, 4) is 0 Å². The summed E-state index contributed by atoms with van der Waals surface area (Å²) in [7, 11) is 0. The van der Waals surface area contributed by atoms with Crippen LogP contribution in [-0.4, -0.2) is 36.8 Å². The first-order valence-corrected chi connectivity index (χ1v) is 9.22. The van der Waals surface area contributed by atoms with Crippen molar-refractivity contribution in [3.05, 3.63) is 34.0 Å². The highest BCUT2D eigenvalue weighted by molar-refractivity contribution is 5.76. The Kier molecular flexibility index (Phi) is 4.69. The van der Waals surface area contributed by atoms with Gasteiger partial charge in [-0.05, 0) is 37.3 Å². The van der Waals surface area contributed by atoms with Crippen LogP contribution < -0.4 is 10.9 Å². The lowest BCUT2D eigenvalue weighted by atomic mass is 9.77. The molecule has 2 heterocycles. The number of hydrogen-bond acceptors (Lipinski definition) is 4. The van der Waals surface area contributed by atoms with E-state index in [1.54, 1.807) is 6.92 Å². The summed E-state index contributed by atoms with van der Waals surface area (Å²) in [4.78, 5) is 25.1. The lowest BCUT2D eigenvalue weighted by Crippen LogP contribution is -2.54. The van der Waals surface area contributed by atoms with Gasteiger partial charge in [0.15, 0.2) is 0 Å². The van der Waals surface area contributed by atoms with Crippen LogP contribution in [0.5, 0.6) is 0 Å². The number of carbonyl (C=O) groups excluding carboxylic acids is 1. The topological polar surface area (TPSA) is 88.6 Å². The summed E-state index contributed by atoms with van der Waals surface area (Å²) < 4.78 is 3.10. The number of nitrogens with one attached hydrogen (secondary N) is 1. The van der Waals surface area contributed by atoms with Crippen LogP contribution in [0.15, 0.2) is 17.1 Å². The molecule has 0 unspecified atom stereocenters. The van der Waals surface area contributed by atoms with Gasteiger partial charge in [0, 0.05) is 18.2 Å². The first-order chi connectivity index (χ1) is 12.1. The number of aromatic nitrogens is 3. The van der Waals surface area contributed by atoms with E-state index >= 15 is 0 Å². The molecule has 0 radical (unpaired) electrons. The van der Waals surface area contributed by atoms with Gasteiger partial charge in [0.05, 0.1) is 5.60 Å². The molecule has 26 heavy (non-hydrogen) atoms. The predicted molar refractivity (Wildman–Crippen MR) is 99.4 cm³/mol. The highest BCUT2D eigenvalue weighted by atomic mass is 16.3. The Morgan fingerprint density at radius 1 is 1.35 bits per heavy atom. The van der Waals surface area contributed by atoms with Gasteiger partial charge in [0.1, 0.15) is 17.9 Å². The quantitative estimate of drug-likeness (QED) is 0.850. The molecule has 0 aromatic carbocycles. The van der Waals surface area contributed by atoms with Crippen LogP contribution in [0.2, 0.25) is 0 Å². The molecule has 1 aliphatic rings. The molecular formula is C19H28N4O3. The standard InChI is InChI=1S/C19H28N4O3/c1-11(2)13-6-15-18(25)23(21-17(12(3)4)22(15)9-13)10-16(24)20-14-7-19(5,26)8-14/h6,9,11-12,14,26H,7-8,10H2,1-5H3,(H,20,24). The van der Waals surface area contributed by atoms with Gasteiger partial charge in [-0.25, -0.2) is 4.68 Å². The summed E-state index contributed by atoms with van der Waals surface area (Å²) >= 11 is 0. The van der Waals surface area contributed by atoms with Crippen LogP contribution in [0.1, 0.15) is 70.7 Å². The highest BCUT2D eigenvalue weighted by Gasteiger charge is 2.39. The molecule has 1 amide bonds. The molecule has 1 fully saturated rings. The number of fused-ring (bicyclic) bond motifs is 1. The van der Waals surface area contributed by atoms with Gasteiger partial charge in [-0.3, -0.25) is 14.0 Å². The third kappa shape index (κ3) is 3.53. The zero-order valence-electron chi connectivity index (χ0n) is 16.1. The van der Waals surface area contributed by atoms with Crippen LogP contribution in [0, 0.1) is 0 Å². The third-order valence-electron chi connectivity index (χ3n) is 4.98. The van der Waals surface area contributed by atoms with E-state index in [1.807, 2.05) is 30.5 Å². The van der Waals surface area contributed by atoms with Crippen molar-refractivity contribution in [2.24, 2.45) is 0 Å². The van der Waals surface area contributed by atoms with Crippen molar-refractivity contribution < 1.29 is 9.90 Å². The van der Waals surface area contributed by atoms with Crippen LogP contribution in [0.3, 0.4) is 0 Å². The average molecular weight is 360 g/mol. The summed E-state index contributed by atoms with van der Waals surface area (Å²) in [5, 5.41) is 17.1. The molecule has 7 heteroatoms. The largest absolute Gasteiger partial charge is 0.390 e. The Morgan fingerprint density at radius 2 is 2.00 bits per heavy atom. The monoisotopic (exact) mass is 360 g/mol. The summed E-state index contributed by atoms with van der Waals surface area (Å²) in [5.41, 5.74) is 0.657. The van der Waals surface area contributed by atoms with Gasteiger partial charge in [0.25, 0.3) is 5.56 Å². The second-order valence-electron chi connectivity index (χ2n) is 8.33. The fourth-order valence-corrected chi connectivity index (χ4v) is 3.52. The molecular weight excluding hydrogens is 332 g/mol. The van der Waals surface area contributed by atoms with Gasteiger partial charge in [0.2, 0.25) is 5.91 Å². The molecule has 2 aromatic rings. The maximum atomic E-state index is 12.8. The molecule has 2 N–H and O–H groups in total. The van der Waals surface area contributed by atoms with Gasteiger partial charge >= 0.3 is 0 Å². The minimum absolute atomic E-state index is 0.0395. The lowest BCUT2D eigenvalue weighted by Gasteiger charge is -2.41. The molecule has 0 saturated heterocycles. The Bertz CT molecular complexity index is 884. The van der Waals surface area contributed by atoms with E-state index in [1.165, 1.54) is 4.68 Å². The number of hydrogen-bond donors (Lipinski definition) is 2. The summed E-state index contributed by atoms with van der Waals surface area (Å²) in [6, 6.07) is 1.85. The van der Waals surface area contributed by atoms with Crippen molar-refractivity contribution >= 4 is 11.4 Å². The Hall–Kier alpha value is -2.15. The fourth-order valence-electron chi connectivity index (χ4n) is 3.52. The fraction of sp³-hybridized carbons (Fsp3) is 0.632. The second-order valence-corrected chi connectivity index (χ2v) is 8.33. The Balaban J connectivity index is 1.89. The number of aliphatic hydroxyl groups is 1. The molecule has 1 aliphatic carbocycles. The van der Waals surface area contributed by atoms with Crippen molar-refractivity contribution in [3.63, 3.8) is 0 Å². The van der Waals surface area contributed by atoms with E-state index in [9.17, 15) is 14.7 Å². The smallest absolute Gasteiger partial charge is 0.291 e. The van der Waals surface area contributed by atoms with E-state index in [4.69, 9.17) is 0 Å². The van der Waals surface area contributed by atoms with E-state index in [0.717, 1.165) is 11.4 Å². The van der Waals surface area contributed by atoms with Crippen LogP contribution in [0.25, 0.3) is 5.52 Å². The summed E-state index contributed by atoms with van der Waals surface area (Å²) in [6.45, 7) is 9.83. The van der Waals surface area contributed by atoms with Gasteiger partial charge in [-0.1, -0.05) is 27.7 Å². The van der Waals surface area contributed by atoms with Crippen molar-refractivity contribution in [2.75, 3.05) is 0 Å². The minimum atomic E-state index is -0.698. The van der Waals surface area contributed by atoms with E-state index in [0.29, 0.717) is 24.3 Å². The molecule has 1 saturated carbocycles. The average Bonchev–Trinajstić information content (AvgIpc) is 2.93. The number of nitrogens with zero attached hydrogens (tertiary/aromatic N) is 3. The molecule has 7 nitrogen and oxygen atoms in total. The normalized spacial score (nSPS) is 22.8. The predicted octanol–water partition coefficient (Wildman–Crippen LogP) is 1.77. The maximum Gasteiger partial charge on any atom is 0.291 e. The van der Waals surface area contributed by atoms with E-state index in [-0.39, 0.29) is 30.0 Å². The summed E-state index contributed by atoms with van der Waals surface area (Å²) in [6.07, 6.45) is 3.03. The maximum absolute atomic E-state index is 12.8. The van der Waals surface area contributed by atoms with Gasteiger partial charge in [-0.2, -0.15) is 5.10 Å². The highest BCUT2D eigenvalue weighted by Crippen LogP contribution is 2.31. The first-order valence-electron chi connectivity index (χ1n) is 9.22. The minimum Gasteiger partial charge on any atom is -0.390 e. The van der Waals surface area contributed by atoms with E-state index < -0.39 is 5.60 Å². The number of rotatable bonds is 5. The molecule has 0 bridgehead atoms. The zero-order chi connectivity index (χ0) is 19.2. The van der Waals surface area contributed by atoms with Crippen molar-refractivity contribution in [2.45, 2.75) is 77.5 Å². The summed E-state index contributed by atoms with van der Waals surface area (Å²) in [5.74, 6) is 0.916. The van der Waals surface area contributed by atoms with Crippen molar-refractivity contribution in [1.29, 1.82) is 0 Å². The molecule has 3 rings (SSSR count). The van der Waals surface area contributed by atoms with Gasteiger partial charge < -0.3 is 10.4 Å². The van der Waals surface area contributed by atoms with Crippen molar-refractivity contribution in [1.82, 2.24) is 19.5 Å². The Labute approximate surface area is 153 Å². The van der Waals surface area contributed by atoms with Crippen LogP contribution in [-0.2, 0) is 11.3 Å². The molecule has 142 valence electrons. The zero-order valence-corrected chi connectivity index (χ0v) is 16.1. The number of carbonyl (C=O) groups is 1. The SMILES string of the molecule is CC(C)c1cc2c(=O)n(CC(=O)NC3CC(C)(O)C3)nc(C(C)C)n2c1. The van der Waals surface area contributed by atoms with Crippen LogP contribution in [0.4, 0.5) is 0 Å². The Morgan fingerprint density at radius 3 is 2.54 bits per heavy atom. The lowest BCUT2D eigenvalue weighted by molar-refractivity contribution is -0.125. The van der Waals surface area contributed by atoms with Crippen LogP contribution >= 0.6 is 0 Å².